The molecule has 3 aromatic rings. The average molecular weight is 394 g/mol. The maximum absolute atomic E-state index is 14.0. The summed E-state index contributed by atoms with van der Waals surface area (Å²) in [4.78, 5) is 20.4. The zero-order valence-corrected chi connectivity index (χ0v) is 16.2. The maximum Gasteiger partial charge on any atom is 0.270 e. The van der Waals surface area contributed by atoms with E-state index in [1.807, 2.05) is 30.0 Å². The van der Waals surface area contributed by atoms with Crippen LogP contribution in [0.2, 0.25) is 0 Å². The molecule has 2 aromatic heterocycles. The van der Waals surface area contributed by atoms with Gasteiger partial charge in [0.15, 0.2) is 5.76 Å². The summed E-state index contributed by atoms with van der Waals surface area (Å²) in [5.41, 5.74) is 2.30. The van der Waals surface area contributed by atoms with E-state index in [2.05, 4.69) is 15.0 Å². The second-order valence-electron chi connectivity index (χ2n) is 8.09. The molecule has 6 nitrogen and oxygen atoms in total. The molecule has 0 spiro atoms. The number of rotatable bonds is 4. The molecule has 3 atom stereocenters. The van der Waals surface area contributed by atoms with Crippen LogP contribution >= 0.6 is 0 Å². The number of hydrogen-bond donors (Lipinski definition) is 1. The molecule has 0 radical (unpaired) electrons. The highest BCUT2D eigenvalue weighted by Crippen LogP contribution is 2.45. The second kappa shape index (κ2) is 7.15. The van der Waals surface area contributed by atoms with Crippen molar-refractivity contribution >= 4 is 5.91 Å². The van der Waals surface area contributed by atoms with E-state index >= 15 is 0 Å². The van der Waals surface area contributed by atoms with Gasteiger partial charge in [-0.05, 0) is 42.7 Å². The van der Waals surface area contributed by atoms with Crippen LogP contribution in [0, 0.1) is 24.6 Å². The van der Waals surface area contributed by atoms with Crippen LogP contribution in [-0.2, 0) is 6.54 Å². The molecule has 29 heavy (non-hydrogen) atoms. The first-order chi connectivity index (χ1) is 14.1. The van der Waals surface area contributed by atoms with Gasteiger partial charge in [-0.2, -0.15) is 0 Å². The molecule has 1 N–H and O–H groups in total. The lowest BCUT2D eigenvalue weighted by molar-refractivity contribution is 0.0692. The Kier molecular flexibility index (Phi) is 4.47. The van der Waals surface area contributed by atoms with Crippen molar-refractivity contribution in [3.05, 3.63) is 77.2 Å². The quantitative estimate of drug-likeness (QED) is 0.737. The van der Waals surface area contributed by atoms with Gasteiger partial charge in [0.05, 0.1) is 18.3 Å². The number of carbonyl (C=O) groups excluding carboxylic acids is 1. The highest BCUT2D eigenvalue weighted by Gasteiger charge is 2.49. The number of nitrogens with zero attached hydrogens (tertiary/aromatic N) is 3. The minimum atomic E-state index is -0.273. The number of nitrogens with one attached hydrogen (secondary N) is 1. The molecule has 2 aliphatic rings. The van der Waals surface area contributed by atoms with Crippen molar-refractivity contribution in [1.82, 2.24) is 19.9 Å². The highest BCUT2D eigenvalue weighted by atomic mass is 19.1. The van der Waals surface area contributed by atoms with E-state index in [9.17, 15) is 9.18 Å². The minimum absolute atomic E-state index is 0.0314. The van der Waals surface area contributed by atoms with Crippen LogP contribution in [0.4, 0.5) is 4.39 Å². The summed E-state index contributed by atoms with van der Waals surface area (Å²) in [5.74, 6) is 1.14. The number of benzene rings is 1. The number of halogens is 1. The first kappa shape index (κ1) is 18.1. The normalized spacial score (nSPS) is 24.2. The van der Waals surface area contributed by atoms with Crippen LogP contribution in [0.15, 0.2) is 53.2 Å². The fraction of sp³-hybridized carbons (Fsp3) is 0.364. The summed E-state index contributed by atoms with van der Waals surface area (Å²) < 4.78 is 19.4. The monoisotopic (exact) mass is 394 g/mol. The molecular weight excluding hydrogens is 371 g/mol. The molecule has 7 heteroatoms. The van der Waals surface area contributed by atoms with E-state index in [0.717, 1.165) is 30.1 Å². The molecule has 1 amide bonds. The smallest absolute Gasteiger partial charge is 0.270 e. The lowest BCUT2D eigenvalue weighted by Gasteiger charge is -2.29. The SMILES string of the molecule is Cc1cc(CN2C[C@H]3CN(C(=O)c4ccc[nH]4)[C@H](c4cccc(F)c4)[C@H]3C2)on1. The molecular formula is C22H23FN4O2. The number of aromatic nitrogens is 2. The Hall–Kier alpha value is -2.93. The molecule has 0 unspecified atom stereocenters. The molecule has 0 aliphatic carbocycles. The van der Waals surface area contributed by atoms with Crippen LogP contribution in [-0.4, -0.2) is 45.5 Å². The molecule has 2 saturated heterocycles. The number of carbonyl (C=O) groups is 1. The van der Waals surface area contributed by atoms with E-state index in [-0.39, 0.29) is 23.7 Å². The predicted octanol–water partition coefficient (Wildman–Crippen LogP) is 3.40. The Morgan fingerprint density at radius 2 is 2.14 bits per heavy atom. The third-order valence-electron chi connectivity index (χ3n) is 6.08. The number of fused-ring (bicyclic) bond motifs is 1. The molecule has 0 saturated carbocycles. The molecule has 1 aromatic carbocycles. The Morgan fingerprint density at radius 3 is 2.86 bits per heavy atom. The van der Waals surface area contributed by atoms with Gasteiger partial charge < -0.3 is 14.4 Å². The van der Waals surface area contributed by atoms with E-state index < -0.39 is 0 Å². The van der Waals surface area contributed by atoms with Gasteiger partial charge in [0.2, 0.25) is 0 Å². The van der Waals surface area contributed by atoms with E-state index in [1.54, 1.807) is 24.4 Å². The Balaban J connectivity index is 1.42. The van der Waals surface area contributed by atoms with Crippen molar-refractivity contribution in [3.63, 3.8) is 0 Å². The number of H-pyrrole nitrogens is 1. The first-order valence-electron chi connectivity index (χ1n) is 9.93. The van der Waals surface area contributed by atoms with Crippen molar-refractivity contribution in [3.8, 4) is 0 Å². The van der Waals surface area contributed by atoms with Crippen LogP contribution in [0.1, 0.15) is 33.5 Å². The van der Waals surface area contributed by atoms with Crippen molar-refractivity contribution in [2.24, 2.45) is 11.8 Å². The average Bonchev–Trinajstić information content (AvgIpc) is 3.46. The predicted molar refractivity (Wildman–Crippen MR) is 104 cm³/mol. The van der Waals surface area contributed by atoms with Gasteiger partial charge in [0.1, 0.15) is 11.5 Å². The number of likely N-dealkylation sites (tertiary alicyclic amines) is 2. The fourth-order valence-electron chi connectivity index (χ4n) is 4.92. The minimum Gasteiger partial charge on any atom is -0.360 e. The van der Waals surface area contributed by atoms with E-state index in [1.165, 1.54) is 6.07 Å². The van der Waals surface area contributed by atoms with Gasteiger partial charge in [-0.15, -0.1) is 0 Å². The van der Waals surface area contributed by atoms with Gasteiger partial charge >= 0.3 is 0 Å². The Labute approximate surface area is 168 Å². The summed E-state index contributed by atoms with van der Waals surface area (Å²) in [6.45, 7) is 4.99. The third kappa shape index (κ3) is 3.35. The standard InChI is InChI=1S/C22H23FN4O2/c1-14-8-18(29-25-14)12-26-10-16-11-27(22(28)20-6-3-7-24-20)21(19(16)13-26)15-4-2-5-17(23)9-15/h2-9,16,19,21,24H,10-13H2,1H3/t16-,19-,21+/m0/s1. The van der Waals surface area contributed by atoms with Gasteiger partial charge in [0, 0.05) is 37.8 Å². The Bertz CT molecular complexity index is 1020. The molecule has 2 aliphatic heterocycles. The van der Waals surface area contributed by atoms with Gasteiger partial charge in [-0.1, -0.05) is 17.3 Å². The fourth-order valence-corrected chi connectivity index (χ4v) is 4.92. The van der Waals surface area contributed by atoms with Gasteiger partial charge in [-0.3, -0.25) is 9.69 Å². The van der Waals surface area contributed by atoms with Gasteiger partial charge in [-0.25, -0.2) is 4.39 Å². The largest absolute Gasteiger partial charge is 0.360 e. The maximum atomic E-state index is 14.0. The van der Waals surface area contributed by atoms with Crippen molar-refractivity contribution in [2.45, 2.75) is 19.5 Å². The summed E-state index contributed by atoms with van der Waals surface area (Å²) in [6.07, 6.45) is 1.75. The summed E-state index contributed by atoms with van der Waals surface area (Å²) in [5, 5.41) is 3.97. The number of hydrogen-bond acceptors (Lipinski definition) is 4. The van der Waals surface area contributed by atoms with Crippen LogP contribution in [0.25, 0.3) is 0 Å². The summed E-state index contributed by atoms with van der Waals surface area (Å²) in [7, 11) is 0. The van der Waals surface area contributed by atoms with Crippen molar-refractivity contribution < 1.29 is 13.7 Å². The van der Waals surface area contributed by atoms with Gasteiger partial charge in [0.25, 0.3) is 5.91 Å². The van der Waals surface area contributed by atoms with E-state index in [4.69, 9.17) is 4.52 Å². The van der Waals surface area contributed by atoms with E-state index in [0.29, 0.717) is 24.7 Å². The molecule has 150 valence electrons. The summed E-state index contributed by atoms with van der Waals surface area (Å²) in [6, 6.07) is 12.1. The Morgan fingerprint density at radius 1 is 1.24 bits per heavy atom. The number of aryl methyl sites for hydroxylation is 1. The molecule has 4 heterocycles. The van der Waals surface area contributed by atoms with Crippen LogP contribution in [0.5, 0.6) is 0 Å². The van der Waals surface area contributed by atoms with Crippen molar-refractivity contribution in [2.75, 3.05) is 19.6 Å². The lowest BCUT2D eigenvalue weighted by Crippen LogP contribution is -2.35. The highest BCUT2D eigenvalue weighted by molar-refractivity contribution is 5.93. The zero-order chi connectivity index (χ0) is 20.0. The molecule has 0 bridgehead atoms. The summed E-state index contributed by atoms with van der Waals surface area (Å²) >= 11 is 0. The van der Waals surface area contributed by atoms with Crippen LogP contribution in [0.3, 0.4) is 0 Å². The lowest BCUT2D eigenvalue weighted by atomic mass is 9.89. The number of amides is 1. The third-order valence-corrected chi connectivity index (χ3v) is 6.08. The zero-order valence-electron chi connectivity index (χ0n) is 16.2. The topological polar surface area (TPSA) is 65.4 Å². The first-order valence-corrected chi connectivity index (χ1v) is 9.93. The molecule has 5 rings (SSSR count). The van der Waals surface area contributed by atoms with Crippen molar-refractivity contribution in [1.29, 1.82) is 0 Å². The molecule has 2 fully saturated rings. The van der Waals surface area contributed by atoms with Crippen LogP contribution < -0.4 is 0 Å². The number of aromatic amines is 1. The second-order valence-corrected chi connectivity index (χ2v) is 8.09.